The van der Waals surface area contributed by atoms with Crippen molar-refractivity contribution in [2.45, 2.75) is 12.8 Å². The summed E-state index contributed by atoms with van der Waals surface area (Å²) in [6.07, 6.45) is -0.224. The van der Waals surface area contributed by atoms with E-state index in [-0.39, 0.29) is 19.4 Å². The maximum atomic E-state index is 10.8. The zero-order chi connectivity index (χ0) is 9.35. The highest BCUT2D eigenvalue weighted by molar-refractivity contribution is 5.94. The lowest BCUT2D eigenvalue weighted by molar-refractivity contribution is -0.942. The van der Waals surface area contributed by atoms with Gasteiger partial charge in [-0.05, 0) is 4.65 Å². The molecule has 0 spiro atoms. The summed E-state index contributed by atoms with van der Waals surface area (Å²) in [5.74, 6) is -3.11. The molecule has 1 heterocycles. The summed E-state index contributed by atoms with van der Waals surface area (Å²) < 4.78 is -1.70. The molecule has 2 N–H and O–H groups in total. The van der Waals surface area contributed by atoms with Crippen molar-refractivity contribution in [1.29, 1.82) is 0 Å². The zero-order valence-corrected chi connectivity index (χ0v) is 6.06. The molecule has 0 aromatic heterocycles. The Labute approximate surface area is 67.6 Å². The Morgan fingerprint density at radius 1 is 1.33 bits per heavy atom. The molecule has 1 fully saturated rings. The Balaban J connectivity index is 2.87. The van der Waals surface area contributed by atoms with Gasteiger partial charge >= 0.3 is 17.8 Å². The molecular formula is C6H7NO5+. The third kappa shape index (κ3) is 1.21. The minimum atomic E-state index is -1.70. The van der Waals surface area contributed by atoms with Gasteiger partial charge in [-0.15, -0.1) is 0 Å². The van der Waals surface area contributed by atoms with E-state index in [1.807, 2.05) is 0 Å². The van der Waals surface area contributed by atoms with Gasteiger partial charge in [0.1, 0.15) is 0 Å². The third-order valence-corrected chi connectivity index (χ3v) is 1.61. The maximum absolute atomic E-state index is 10.8. The van der Waals surface area contributed by atoms with Crippen LogP contribution in [0.5, 0.6) is 0 Å². The van der Waals surface area contributed by atoms with Crippen molar-refractivity contribution in [3.05, 3.63) is 6.54 Å². The number of likely N-dealkylation sites (tertiary alicyclic amines) is 1. The van der Waals surface area contributed by atoms with Crippen LogP contribution in [0.3, 0.4) is 0 Å². The van der Waals surface area contributed by atoms with Gasteiger partial charge < -0.3 is 5.11 Å². The highest BCUT2D eigenvalue weighted by Gasteiger charge is 2.52. The molecule has 1 saturated heterocycles. The van der Waals surface area contributed by atoms with Crippen molar-refractivity contribution < 1.29 is 29.3 Å². The quantitative estimate of drug-likeness (QED) is 0.327. The van der Waals surface area contributed by atoms with Crippen LogP contribution in [0.1, 0.15) is 12.8 Å². The number of hydrogen-bond donors (Lipinski definition) is 2. The van der Waals surface area contributed by atoms with E-state index < -0.39 is 22.4 Å². The molecule has 1 aliphatic heterocycles. The van der Waals surface area contributed by atoms with Crippen LogP contribution in [0, 0.1) is 6.54 Å². The van der Waals surface area contributed by atoms with E-state index >= 15 is 0 Å². The number of aliphatic carboxylic acids is 1. The fourth-order valence-electron chi connectivity index (χ4n) is 0.998. The number of nitrogens with zero attached hydrogens (tertiary/aromatic N) is 1. The second kappa shape index (κ2) is 2.65. The average molecular weight is 173 g/mol. The minimum Gasteiger partial charge on any atom is -0.477 e. The van der Waals surface area contributed by atoms with Crippen LogP contribution in [0.25, 0.3) is 0 Å². The molecule has 0 bridgehead atoms. The molecule has 1 rings (SSSR count). The molecule has 65 valence electrons. The highest BCUT2D eigenvalue weighted by atomic mass is 16.6. The van der Waals surface area contributed by atoms with Gasteiger partial charge in [-0.25, -0.2) is 19.6 Å². The molecule has 6 nitrogen and oxygen atoms in total. The molecule has 0 atom stereocenters. The van der Waals surface area contributed by atoms with Crippen molar-refractivity contribution in [2.75, 3.05) is 0 Å². The Bertz CT molecular complexity index is 243. The van der Waals surface area contributed by atoms with E-state index in [9.17, 15) is 19.6 Å². The Hall–Kier alpha value is -1.27. The number of quaternary nitrogens is 1. The monoisotopic (exact) mass is 173 g/mol. The molecule has 2 amide bonds. The Kier molecular flexibility index (Phi) is 1.95. The van der Waals surface area contributed by atoms with Gasteiger partial charge in [0.05, 0.1) is 12.8 Å². The maximum Gasteiger partial charge on any atom is 0.374 e. The molecule has 6 heteroatoms. The summed E-state index contributed by atoms with van der Waals surface area (Å²) in [6, 6.07) is 0. The molecule has 0 aliphatic carbocycles. The number of amides is 2. The summed E-state index contributed by atoms with van der Waals surface area (Å²) in [5, 5.41) is 17.4. The normalized spacial score (nSPS) is 21.4. The Morgan fingerprint density at radius 2 is 1.75 bits per heavy atom. The van der Waals surface area contributed by atoms with Crippen molar-refractivity contribution >= 4 is 17.8 Å². The third-order valence-electron chi connectivity index (χ3n) is 1.61. The SMILES string of the molecule is O=C(O)[CH][N+]1(O)C(=O)CCC1=O. The van der Waals surface area contributed by atoms with Crippen LogP contribution in [-0.4, -0.2) is 32.7 Å². The van der Waals surface area contributed by atoms with E-state index in [1.165, 1.54) is 0 Å². The minimum absolute atomic E-state index is 0.112. The molecule has 0 saturated carbocycles. The average Bonchev–Trinajstić information content (AvgIpc) is 2.16. The second-order valence-electron chi connectivity index (χ2n) is 2.44. The number of carbonyl (C=O) groups is 3. The van der Waals surface area contributed by atoms with Crippen LogP contribution >= 0.6 is 0 Å². The summed E-state index contributed by atoms with van der Waals surface area (Å²) in [4.78, 5) is 31.8. The van der Waals surface area contributed by atoms with Gasteiger partial charge in [-0.1, -0.05) is 0 Å². The largest absolute Gasteiger partial charge is 0.477 e. The lowest BCUT2D eigenvalue weighted by Crippen LogP contribution is -2.48. The number of carboxylic acids is 1. The summed E-state index contributed by atoms with van der Waals surface area (Å²) >= 11 is 0. The first-order valence-electron chi connectivity index (χ1n) is 3.24. The molecule has 1 radical (unpaired) electrons. The van der Waals surface area contributed by atoms with Crippen molar-refractivity contribution in [3.8, 4) is 0 Å². The summed E-state index contributed by atoms with van der Waals surface area (Å²) in [7, 11) is 0. The van der Waals surface area contributed by atoms with Gasteiger partial charge in [0, 0.05) is 0 Å². The predicted molar refractivity (Wildman–Crippen MR) is 33.2 cm³/mol. The fourth-order valence-corrected chi connectivity index (χ4v) is 0.998. The summed E-state index contributed by atoms with van der Waals surface area (Å²) in [6.45, 7) is 0.275. The number of carbonyl (C=O) groups excluding carboxylic acids is 2. The molecular weight excluding hydrogens is 166 g/mol. The fraction of sp³-hybridized carbons (Fsp3) is 0.333. The second-order valence-corrected chi connectivity index (χ2v) is 2.44. The molecule has 1 aliphatic rings. The smallest absolute Gasteiger partial charge is 0.374 e. The van der Waals surface area contributed by atoms with Gasteiger partial charge in [0.15, 0.2) is 0 Å². The van der Waals surface area contributed by atoms with E-state index in [1.54, 1.807) is 0 Å². The number of rotatable bonds is 2. The lowest BCUT2D eigenvalue weighted by Gasteiger charge is -2.14. The van der Waals surface area contributed by atoms with E-state index in [0.29, 0.717) is 0 Å². The first-order chi connectivity index (χ1) is 5.47. The first kappa shape index (κ1) is 8.82. The number of hydroxylamine groups is 3. The van der Waals surface area contributed by atoms with Crippen LogP contribution < -0.4 is 0 Å². The van der Waals surface area contributed by atoms with E-state index in [4.69, 9.17) is 5.11 Å². The molecule has 12 heavy (non-hydrogen) atoms. The standard InChI is InChI=1S/C6H7NO5/c8-4-1-2-5(9)7(4,12)3-6(10)11/h3,12H,1-2H2,(H,10,11)/q+1. The van der Waals surface area contributed by atoms with E-state index in [2.05, 4.69) is 0 Å². The number of imide groups is 1. The predicted octanol–water partition coefficient (Wildman–Crippen LogP) is -0.714. The molecule has 0 unspecified atom stereocenters. The lowest BCUT2D eigenvalue weighted by atomic mass is 10.4. The van der Waals surface area contributed by atoms with Crippen molar-refractivity contribution in [2.24, 2.45) is 0 Å². The molecule has 0 aromatic carbocycles. The van der Waals surface area contributed by atoms with Crippen molar-refractivity contribution in [3.63, 3.8) is 0 Å². The topological polar surface area (TPSA) is 91.7 Å². The van der Waals surface area contributed by atoms with Crippen LogP contribution in [0.2, 0.25) is 0 Å². The highest BCUT2D eigenvalue weighted by Crippen LogP contribution is 2.21. The summed E-state index contributed by atoms with van der Waals surface area (Å²) in [5.41, 5.74) is 0. The number of carboxylic acid groups (broad SMARTS) is 1. The molecule has 0 aromatic rings. The van der Waals surface area contributed by atoms with E-state index in [0.717, 1.165) is 0 Å². The van der Waals surface area contributed by atoms with Gasteiger partial charge in [-0.3, -0.25) is 0 Å². The number of hydrogen-bond acceptors (Lipinski definition) is 4. The first-order valence-corrected chi connectivity index (χ1v) is 3.24. The van der Waals surface area contributed by atoms with Crippen LogP contribution in [-0.2, 0) is 14.4 Å². The van der Waals surface area contributed by atoms with Gasteiger partial charge in [0.25, 0.3) is 6.54 Å². The van der Waals surface area contributed by atoms with Crippen LogP contribution in [0.15, 0.2) is 0 Å². The van der Waals surface area contributed by atoms with Crippen LogP contribution in [0.4, 0.5) is 0 Å². The van der Waals surface area contributed by atoms with Crippen molar-refractivity contribution in [1.82, 2.24) is 0 Å². The Morgan fingerprint density at radius 3 is 2.08 bits per heavy atom. The zero-order valence-electron chi connectivity index (χ0n) is 6.06. The van der Waals surface area contributed by atoms with Gasteiger partial charge in [-0.2, -0.15) is 0 Å². The van der Waals surface area contributed by atoms with Gasteiger partial charge in [0.2, 0.25) is 0 Å².